The third-order valence-electron chi connectivity index (χ3n) is 2.79. The Bertz CT molecular complexity index is 263. The minimum atomic E-state index is -1.38. The molecule has 0 spiro atoms. The molecule has 1 rings (SSSR count). The standard InChI is InChI=1S/C11H18O5/c1-2-5-15-7-4-11(10(13)14)8-16-6-3-9(11)12/h2-8H2,1H3,(H,13,14). The smallest absolute Gasteiger partial charge is 0.319 e. The molecule has 5 nitrogen and oxygen atoms in total. The first-order valence-corrected chi connectivity index (χ1v) is 5.55. The summed E-state index contributed by atoms with van der Waals surface area (Å²) >= 11 is 0. The Morgan fingerprint density at radius 1 is 1.56 bits per heavy atom. The van der Waals surface area contributed by atoms with E-state index < -0.39 is 11.4 Å². The number of carboxylic acids is 1. The molecule has 0 aromatic carbocycles. The molecular formula is C11H18O5. The molecule has 1 unspecified atom stereocenters. The molecule has 1 saturated heterocycles. The maximum absolute atomic E-state index is 11.7. The highest BCUT2D eigenvalue weighted by atomic mass is 16.5. The van der Waals surface area contributed by atoms with Gasteiger partial charge >= 0.3 is 5.97 Å². The summed E-state index contributed by atoms with van der Waals surface area (Å²) in [5, 5.41) is 9.16. The van der Waals surface area contributed by atoms with Crippen LogP contribution in [-0.2, 0) is 19.1 Å². The molecular weight excluding hydrogens is 212 g/mol. The van der Waals surface area contributed by atoms with Gasteiger partial charge in [-0.3, -0.25) is 9.59 Å². The maximum atomic E-state index is 11.7. The average Bonchev–Trinajstić information content (AvgIpc) is 2.26. The number of carbonyl (C=O) groups is 2. The predicted molar refractivity (Wildman–Crippen MR) is 56.2 cm³/mol. The highest BCUT2D eigenvalue weighted by molar-refractivity contribution is 6.03. The van der Waals surface area contributed by atoms with Gasteiger partial charge in [-0.15, -0.1) is 0 Å². The molecule has 1 heterocycles. The lowest BCUT2D eigenvalue weighted by atomic mass is 9.78. The zero-order valence-electron chi connectivity index (χ0n) is 9.53. The van der Waals surface area contributed by atoms with Gasteiger partial charge in [-0.2, -0.15) is 0 Å². The Hall–Kier alpha value is -0.940. The van der Waals surface area contributed by atoms with Gasteiger partial charge in [0, 0.05) is 19.6 Å². The fourth-order valence-corrected chi connectivity index (χ4v) is 1.72. The van der Waals surface area contributed by atoms with Crippen molar-refractivity contribution in [1.29, 1.82) is 0 Å². The summed E-state index contributed by atoms with van der Waals surface area (Å²) in [6, 6.07) is 0. The summed E-state index contributed by atoms with van der Waals surface area (Å²) in [6.07, 6.45) is 1.26. The van der Waals surface area contributed by atoms with E-state index in [2.05, 4.69) is 0 Å². The second-order valence-electron chi connectivity index (χ2n) is 3.98. The monoisotopic (exact) mass is 230 g/mol. The molecule has 92 valence electrons. The number of carbonyl (C=O) groups excluding carboxylic acids is 1. The van der Waals surface area contributed by atoms with Crippen molar-refractivity contribution in [1.82, 2.24) is 0 Å². The van der Waals surface area contributed by atoms with Crippen molar-refractivity contribution in [3.05, 3.63) is 0 Å². The summed E-state index contributed by atoms with van der Waals surface area (Å²) in [7, 11) is 0. The topological polar surface area (TPSA) is 72.8 Å². The van der Waals surface area contributed by atoms with Crippen molar-refractivity contribution in [3.8, 4) is 0 Å². The van der Waals surface area contributed by atoms with E-state index >= 15 is 0 Å². The van der Waals surface area contributed by atoms with Gasteiger partial charge in [-0.05, 0) is 12.8 Å². The van der Waals surface area contributed by atoms with Crippen LogP contribution >= 0.6 is 0 Å². The number of hydrogen-bond acceptors (Lipinski definition) is 4. The second-order valence-corrected chi connectivity index (χ2v) is 3.98. The normalized spacial score (nSPS) is 25.7. The molecule has 0 aromatic rings. The van der Waals surface area contributed by atoms with Crippen molar-refractivity contribution in [2.24, 2.45) is 5.41 Å². The van der Waals surface area contributed by atoms with E-state index in [1.807, 2.05) is 6.92 Å². The van der Waals surface area contributed by atoms with Crippen LogP contribution in [0.1, 0.15) is 26.2 Å². The van der Waals surface area contributed by atoms with E-state index in [9.17, 15) is 9.59 Å². The molecule has 0 bridgehead atoms. The number of rotatable bonds is 6. The summed E-state index contributed by atoms with van der Waals surface area (Å²) in [5.41, 5.74) is -1.38. The molecule has 1 fully saturated rings. The summed E-state index contributed by atoms with van der Waals surface area (Å²) in [5.74, 6) is -1.34. The van der Waals surface area contributed by atoms with Gasteiger partial charge in [0.15, 0.2) is 11.2 Å². The van der Waals surface area contributed by atoms with Gasteiger partial charge in [-0.25, -0.2) is 0 Å². The molecule has 5 heteroatoms. The molecule has 0 aromatic heterocycles. The fraction of sp³-hybridized carbons (Fsp3) is 0.818. The van der Waals surface area contributed by atoms with E-state index in [1.165, 1.54) is 0 Å². The van der Waals surface area contributed by atoms with E-state index in [-0.39, 0.29) is 31.8 Å². The van der Waals surface area contributed by atoms with Crippen molar-refractivity contribution >= 4 is 11.8 Å². The number of ketones is 1. The third-order valence-corrected chi connectivity index (χ3v) is 2.79. The van der Waals surface area contributed by atoms with Gasteiger partial charge in [0.05, 0.1) is 13.2 Å². The first-order valence-electron chi connectivity index (χ1n) is 5.55. The number of hydrogen-bond donors (Lipinski definition) is 1. The van der Waals surface area contributed by atoms with E-state index in [4.69, 9.17) is 14.6 Å². The van der Waals surface area contributed by atoms with Gasteiger partial charge in [0.25, 0.3) is 0 Å². The number of carboxylic acid groups (broad SMARTS) is 1. The van der Waals surface area contributed by atoms with Gasteiger partial charge < -0.3 is 14.6 Å². The van der Waals surface area contributed by atoms with Crippen molar-refractivity contribution in [2.75, 3.05) is 26.4 Å². The summed E-state index contributed by atoms with van der Waals surface area (Å²) in [6.45, 7) is 3.14. The lowest BCUT2D eigenvalue weighted by Crippen LogP contribution is -2.47. The average molecular weight is 230 g/mol. The Morgan fingerprint density at radius 3 is 2.88 bits per heavy atom. The van der Waals surface area contributed by atoms with Crippen LogP contribution in [0.15, 0.2) is 0 Å². The Balaban J connectivity index is 2.57. The van der Waals surface area contributed by atoms with Crippen LogP contribution in [0, 0.1) is 5.41 Å². The van der Waals surface area contributed by atoms with E-state index in [0.29, 0.717) is 13.2 Å². The second kappa shape index (κ2) is 5.96. The SMILES string of the molecule is CCCOCCC1(C(=O)O)COCCC1=O. The predicted octanol–water partition coefficient (Wildman–Crippen LogP) is 0.864. The summed E-state index contributed by atoms with van der Waals surface area (Å²) < 4.78 is 10.4. The van der Waals surface area contributed by atoms with Crippen LogP contribution in [-0.4, -0.2) is 43.3 Å². The molecule has 1 aliphatic heterocycles. The van der Waals surface area contributed by atoms with Crippen LogP contribution in [0.5, 0.6) is 0 Å². The third kappa shape index (κ3) is 2.80. The van der Waals surface area contributed by atoms with Gasteiger partial charge in [0.2, 0.25) is 0 Å². The quantitative estimate of drug-likeness (QED) is 0.541. The largest absolute Gasteiger partial charge is 0.480 e. The van der Waals surface area contributed by atoms with E-state index in [1.54, 1.807) is 0 Å². The van der Waals surface area contributed by atoms with Gasteiger partial charge in [-0.1, -0.05) is 6.92 Å². The van der Waals surface area contributed by atoms with Crippen LogP contribution in [0.25, 0.3) is 0 Å². The highest BCUT2D eigenvalue weighted by Crippen LogP contribution is 2.29. The Labute approximate surface area is 94.7 Å². The molecule has 1 aliphatic rings. The van der Waals surface area contributed by atoms with Gasteiger partial charge in [0.1, 0.15) is 0 Å². The Kier molecular flexibility index (Phi) is 4.89. The van der Waals surface area contributed by atoms with Crippen LogP contribution in [0.4, 0.5) is 0 Å². The van der Waals surface area contributed by atoms with Crippen LogP contribution in [0.3, 0.4) is 0 Å². The molecule has 1 atom stereocenters. The highest BCUT2D eigenvalue weighted by Gasteiger charge is 2.47. The molecule has 1 N–H and O–H groups in total. The number of ether oxygens (including phenoxy) is 2. The molecule has 0 saturated carbocycles. The Morgan fingerprint density at radius 2 is 2.31 bits per heavy atom. The zero-order chi connectivity index (χ0) is 12.0. The van der Waals surface area contributed by atoms with Crippen molar-refractivity contribution in [3.63, 3.8) is 0 Å². The molecule has 0 amide bonds. The summed E-state index contributed by atoms with van der Waals surface area (Å²) in [4.78, 5) is 22.9. The number of aliphatic carboxylic acids is 1. The van der Waals surface area contributed by atoms with Crippen molar-refractivity contribution in [2.45, 2.75) is 26.2 Å². The van der Waals surface area contributed by atoms with Crippen LogP contribution in [0.2, 0.25) is 0 Å². The maximum Gasteiger partial charge on any atom is 0.319 e. The first-order chi connectivity index (χ1) is 7.63. The lowest BCUT2D eigenvalue weighted by Gasteiger charge is -2.31. The molecule has 0 radical (unpaired) electrons. The number of Topliss-reactive ketones (excluding diaryl/α,β-unsaturated/α-hetero) is 1. The molecule has 0 aliphatic carbocycles. The van der Waals surface area contributed by atoms with E-state index in [0.717, 1.165) is 6.42 Å². The van der Waals surface area contributed by atoms with Crippen molar-refractivity contribution < 1.29 is 24.2 Å². The molecule has 16 heavy (non-hydrogen) atoms. The first kappa shape index (κ1) is 13.1. The minimum absolute atomic E-state index is 0.0311. The van der Waals surface area contributed by atoms with Crippen LogP contribution < -0.4 is 0 Å². The lowest BCUT2D eigenvalue weighted by molar-refractivity contribution is -0.166. The minimum Gasteiger partial charge on any atom is -0.480 e. The zero-order valence-corrected chi connectivity index (χ0v) is 9.53. The fourth-order valence-electron chi connectivity index (χ4n) is 1.72.